The van der Waals surface area contributed by atoms with Gasteiger partial charge in [0.05, 0.1) is 19.1 Å². The number of esters is 1. The number of hydrogen-bond donors (Lipinski definition) is 2. The topological polar surface area (TPSA) is 66.8 Å². The van der Waals surface area contributed by atoms with E-state index >= 15 is 0 Å². The molecular weight excluding hydrogens is 219 g/mol. The van der Waals surface area contributed by atoms with Crippen molar-refractivity contribution in [2.24, 2.45) is 5.92 Å². The van der Waals surface area contributed by atoms with E-state index in [0.29, 0.717) is 0 Å². The van der Waals surface area contributed by atoms with Crippen LogP contribution in [0.1, 0.15) is 41.0 Å². The number of rotatable bonds is 8. The fraction of sp³-hybridized carbons (Fsp3) is 0.909. The van der Waals surface area contributed by atoms with Crippen molar-refractivity contribution in [2.45, 2.75) is 45.6 Å². The molecule has 1 unspecified atom stereocenters. The largest absolute Gasteiger partial charge is 1.00 e. The van der Waals surface area contributed by atoms with Crippen LogP contribution in [0.4, 0.5) is 0 Å². The predicted molar refractivity (Wildman–Crippen MR) is 58.5 cm³/mol. The Morgan fingerprint density at radius 3 is 2.25 bits per heavy atom. The summed E-state index contributed by atoms with van der Waals surface area (Å²) in [6, 6.07) is 0. The van der Waals surface area contributed by atoms with Gasteiger partial charge in [-0.1, -0.05) is 26.7 Å². The molecule has 0 aliphatic rings. The van der Waals surface area contributed by atoms with Crippen molar-refractivity contribution in [2.75, 3.05) is 13.2 Å². The van der Waals surface area contributed by atoms with Gasteiger partial charge in [-0.15, -0.1) is 0 Å². The van der Waals surface area contributed by atoms with Crippen LogP contribution in [0.2, 0.25) is 0 Å². The van der Waals surface area contributed by atoms with Gasteiger partial charge in [0, 0.05) is 0 Å². The van der Waals surface area contributed by atoms with Gasteiger partial charge in [0.1, 0.15) is 6.10 Å². The standard InChI is InChI=1S/C11H22O4.Na.H/c1-3-5-6-9(4-2)11(14)15-10(7-12)8-13;;/h9-10,12-13H,3-8H2,1-2H3;;/q;+1;-1. The maximum absolute atomic E-state index is 11.6. The molecular formula is C11H23NaO4. The normalized spacial score (nSPS) is 12.1. The van der Waals surface area contributed by atoms with Crippen molar-refractivity contribution in [3.8, 4) is 0 Å². The number of hydrogen-bond acceptors (Lipinski definition) is 4. The van der Waals surface area contributed by atoms with E-state index in [0.717, 1.165) is 25.7 Å². The van der Waals surface area contributed by atoms with Gasteiger partial charge in [-0.05, 0) is 12.8 Å². The van der Waals surface area contributed by atoms with E-state index in [2.05, 4.69) is 6.92 Å². The molecule has 0 fully saturated rings. The molecule has 0 bridgehead atoms. The Bertz CT molecular complexity index is 177. The van der Waals surface area contributed by atoms with Crippen LogP contribution in [-0.2, 0) is 9.53 Å². The fourth-order valence-electron chi connectivity index (χ4n) is 1.33. The van der Waals surface area contributed by atoms with Gasteiger partial charge in [0.2, 0.25) is 0 Å². The van der Waals surface area contributed by atoms with Crippen LogP contribution in [0.25, 0.3) is 0 Å². The first-order valence-electron chi connectivity index (χ1n) is 5.61. The summed E-state index contributed by atoms with van der Waals surface area (Å²) < 4.78 is 4.96. The molecule has 0 heterocycles. The number of aliphatic hydroxyl groups excluding tert-OH is 2. The maximum Gasteiger partial charge on any atom is 1.00 e. The summed E-state index contributed by atoms with van der Waals surface area (Å²) in [6.45, 7) is 3.36. The Morgan fingerprint density at radius 1 is 1.31 bits per heavy atom. The average molecular weight is 242 g/mol. The molecule has 0 aromatic heterocycles. The van der Waals surface area contributed by atoms with Crippen molar-refractivity contribution >= 4 is 5.97 Å². The van der Waals surface area contributed by atoms with Gasteiger partial charge in [-0.25, -0.2) is 0 Å². The molecule has 4 nitrogen and oxygen atoms in total. The van der Waals surface area contributed by atoms with Gasteiger partial charge in [0.25, 0.3) is 0 Å². The summed E-state index contributed by atoms with van der Waals surface area (Å²) in [7, 11) is 0. The molecule has 1 atom stereocenters. The predicted octanol–water partition coefficient (Wildman–Crippen LogP) is -1.78. The van der Waals surface area contributed by atoms with Gasteiger partial charge in [0.15, 0.2) is 0 Å². The molecule has 0 aliphatic carbocycles. The number of unbranched alkanes of at least 4 members (excludes halogenated alkanes) is 1. The molecule has 5 heteroatoms. The molecule has 0 aromatic carbocycles. The Balaban J connectivity index is -0.000000980. The molecule has 2 N–H and O–H groups in total. The van der Waals surface area contributed by atoms with Crippen LogP contribution in [0.5, 0.6) is 0 Å². The summed E-state index contributed by atoms with van der Waals surface area (Å²) in [5, 5.41) is 17.5. The minimum absolute atomic E-state index is 0. The zero-order valence-corrected chi connectivity index (χ0v) is 12.6. The quantitative estimate of drug-likeness (QED) is 0.390. The molecule has 0 aromatic rings. The van der Waals surface area contributed by atoms with Gasteiger partial charge in [-0.2, -0.15) is 0 Å². The van der Waals surface area contributed by atoms with E-state index in [1.165, 1.54) is 0 Å². The average Bonchev–Trinajstić information content (AvgIpc) is 2.26. The Morgan fingerprint density at radius 2 is 1.88 bits per heavy atom. The minimum atomic E-state index is -0.770. The summed E-state index contributed by atoms with van der Waals surface area (Å²) in [4.78, 5) is 11.6. The monoisotopic (exact) mass is 242 g/mol. The summed E-state index contributed by atoms with van der Waals surface area (Å²) in [5.41, 5.74) is 0. The van der Waals surface area contributed by atoms with E-state index in [4.69, 9.17) is 14.9 Å². The molecule has 0 radical (unpaired) electrons. The van der Waals surface area contributed by atoms with Gasteiger partial charge in [-0.3, -0.25) is 4.79 Å². The van der Waals surface area contributed by atoms with Crippen molar-refractivity contribution in [3.63, 3.8) is 0 Å². The molecule has 0 saturated heterocycles. The third-order valence-corrected chi connectivity index (χ3v) is 2.42. The number of carbonyl (C=O) groups is 1. The second-order valence-electron chi connectivity index (χ2n) is 3.67. The number of aliphatic hydroxyl groups is 2. The van der Waals surface area contributed by atoms with Crippen LogP contribution in [0.15, 0.2) is 0 Å². The second-order valence-corrected chi connectivity index (χ2v) is 3.67. The fourth-order valence-corrected chi connectivity index (χ4v) is 1.33. The smallest absolute Gasteiger partial charge is 1.00 e. The van der Waals surface area contributed by atoms with E-state index in [9.17, 15) is 4.79 Å². The Labute approximate surface area is 121 Å². The maximum atomic E-state index is 11.6. The summed E-state index contributed by atoms with van der Waals surface area (Å²) in [5.74, 6) is -0.412. The summed E-state index contributed by atoms with van der Waals surface area (Å²) >= 11 is 0. The van der Waals surface area contributed by atoms with Crippen LogP contribution in [-0.4, -0.2) is 35.5 Å². The summed E-state index contributed by atoms with van der Waals surface area (Å²) in [6.07, 6.45) is 2.83. The number of carbonyl (C=O) groups excluding carboxylic acids is 1. The zero-order chi connectivity index (χ0) is 11.7. The van der Waals surface area contributed by atoms with Crippen LogP contribution >= 0.6 is 0 Å². The van der Waals surface area contributed by atoms with Gasteiger partial charge < -0.3 is 16.4 Å². The Kier molecular flexibility index (Phi) is 13.9. The van der Waals surface area contributed by atoms with E-state index in [1.807, 2.05) is 6.92 Å². The molecule has 0 saturated carbocycles. The third kappa shape index (κ3) is 7.63. The first-order valence-corrected chi connectivity index (χ1v) is 5.61. The van der Waals surface area contributed by atoms with Crippen molar-refractivity contribution in [1.82, 2.24) is 0 Å². The molecule has 0 rings (SSSR count). The minimum Gasteiger partial charge on any atom is -1.00 e. The van der Waals surface area contributed by atoms with E-state index in [1.54, 1.807) is 0 Å². The molecule has 0 spiro atoms. The first-order chi connectivity index (χ1) is 7.19. The van der Waals surface area contributed by atoms with E-state index < -0.39 is 6.10 Å². The van der Waals surface area contributed by atoms with Crippen LogP contribution in [0, 0.1) is 5.92 Å². The van der Waals surface area contributed by atoms with Crippen molar-refractivity contribution in [1.29, 1.82) is 0 Å². The van der Waals surface area contributed by atoms with Crippen LogP contribution < -0.4 is 29.6 Å². The first kappa shape index (κ1) is 18.7. The molecule has 16 heavy (non-hydrogen) atoms. The number of ether oxygens (including phenoxy) is 1. The molecule has 0 amide bonds. The molecule has 0 aliphatic heterocycles. The molecule has 92 valence electrons. The Hall–Kier alpha value is 0.390. The van der Waals surface area contributed by atoms with Gasteiger partial charge >= 0.3 is 35.5 Å². The van der Waals surface area contributed by atoms with Crippen LogP contribution in [0.3, 0.4) is 0 Å². The van der Waals surface area contributed by atoms with Crippen molar-refractivity contribution < 1.29 is 50.7 Å². The zero-order valence-electron chi connectivity index (χ0n) is 11.6. The second kappa shape index (κ2) is 11.9. The van der Waals surface area contributed by atoms with E-state index in [-0.39, 0.29) is 56.1 Å². The van der Waals surface area contributed by atoms with Crippen molar-refractivity contribution in [3.05, 3.63) is 0 Å². The third-order valence-electron chi connectivity index (χ3n) is 2.42. The SMILES string of the molecule is CCCCC(CC)C(=O)OC(CO)CO.[H-].[Na+].